The number of nitrogens with zero attached hydrogens (tertiary/aromatic N) is 2. The van der Waals surface area contributed by atoms with Crippen LogP contribution in [0, 0.1) is 10.4 Å². The molecule has 0 unspecified atom stereocenters. The maximum absolute atomic E-state index is 12.7. The van der Waals surface area contributed by atoms with Crippen molar-refractivity contribution in [3.05, 3.63) is 90.8 Å². The van der Waals surface area contributed by atoms with Gasteiger partial charge in [0.15, 0.2) is 0 Å². The van der Waals surface area contributed by atoms with Crippen molar-refractivity contribution in [2.24, 2.45) is 0 Å². The second-order valence-electron chi connectivity index (χ2n) is 6.43. The summed E-state index contributed by atoms with van der Waals surface area (Å²) in [7, 11) is 0. The molecule has 0 saturated heterocycles. The highest BCUT2D eigenvalue weighted by Gasteiger charge is 2.31. The van der Waals surface area contributed by atoms with Crippen LogP contribution in [0.15, 0.2) is 58.1 Å². The van der Waals surface area contributed by atoms with E-state index in [1.54, 1.807) is 0 Å². The molecule has 152 valence electrons. The lowest BCUT2D eigenvalue weighted by molar-refractivity contribution is -0.138. The van der Waals surface area contributed by atoms with Crippen LogP contribution in [0.5, 0.6) is 0 Å². The summed E-state index contributed by atoms with van der Waals surface area (Å²) in [6, 6.07) is 7.47. The molecule has 0 amide bonds. The van der Waals surface area contributed by atoms with Crippen molar-refractivity contribution in [1.29, 1.82) is 0 Å². The molecule has 2 aromatic carbocycles. The Bertz CT molecular complexity index is 1270. The molecule has 0 N–H and O–H groups in total. The quantitative estimate of drug-likeness (QED) is 0.455. The van der Waals surface area contributed by atoms with Crippen molar-refractivity contribution in [3.63, 3.8) is 0 Å². The topological polar surface area (TPSA) is 59.9 Å². The van der Waals surface area contributed by atoms with E-state index in [1.165, 1.54) is 0 Å². The van der Waals surface area contributed by atoms with Crippen LogP contribution >= 0.6 is 0 Å². The molecule has 0 radical (unpaired) electrons. The van der Waals surface area contributed by atoms with Crippen molar-refractivity contribution in [2.75, 3.05) is 0 Å². The van der Waals surface area contributed by atoms with E-state index in [0.29, 0.717) is 0 Å². The first-order chi connectivity index (χ1) is 14.0. The molecule has 30 heavy (non-hydrogen) atoms. The summed E-state index contributed by atoms with van der Waals surface area (Å²) >= 11 is 0. The molecular weight excluding hydrogens is 414 g/mol. The van der Waals surface area contributed by atoms with E-state index < -0.39 is 34.6 Å². The van der Waals surface area contributed by atoms with Crippen molar-refractivity contribution < 1.29 is 26.3 Å². The van der Waals surface area contributed by atoms with Crippen LogP contribution in [0.2, 0.25) is 0 Å². The van der Waals surface area contributed by atoms with Crippen LogP contribution in [0.4, 0.5) is 26.3 Å². The summed E-state index contributed by atoms with van der Waals surface area (Å²) in [5.41, 5.74) is -3.54. The number of rotatable bonds is 2. The Balaban J connectivity index is 1.87. The summed E-state index contributed by atoms with van der Waals surface area (Å²) in [6.07, 6.45) is -9.11. The van der Waals surface area contributed by atoms with Gasteiger partial charge in [-0.15, -0.1) is 0 Å². The second kappa shape index (κ2) is 6.48. The van der Waals surface area contributed by atoms with Gasteiger partial charge in [0.1, 0.15) is 0 Å². The number of hydrogen-bond donors (Lipinski definition) is 0. The number of alkyl halides is 6. The van der Waals surface area contributed by atoms with E-state index in [4.69, 9.17) is 0 Å². The average molecular weight is 422 g/mol. The lowest BCUT2D eigenvalue weighted by Gasteiger charge is -2.06. The van der Waals surface area contributed by atoms with E-state index >= 15 is 0 Å². The Morgan fingerprint density at radius 3 is 1.10 bits per heavy atom. The first-order valence-electron chi connectivity index (χ1n) is 8.33. The molecule has 2 aromatic rings. The smallest absolute Gasteiger partial charge is 0.267 e. The largest absolute Gasteiger partial charge is 0.416 e. The molecule has 0 saturated carbocycles. The monoisotopic (exact) mass is 422 g/mol. The summed E-state index contributed by atoms with van der Waals surface area (Å²) < 4.78 is 76.4. The van der Waals surface area contributed by atoms with E-state index in [-0.39, 0.29) is 33.0 Å². The lowest BCUT2D eigenvalue weighted by atomic mass is 10.1. The van der Waals surface area contributed by atoms with Crippen molar-refractivity contribution in [2.45, 2.75) is 12.4 Å². The number of benzene rings is 2. The van der Waals surface area contributed by atoms with Gasteiger partial charge in [-0.1, -0.05) is 24.3 Å². The molecule has 4 nitrogen and oxygen atoms in total. The highest BCUT2D eigenvalue weighted by Crippen LogP contribution is 2.32. The third-order valence-corrected chi connectivity index (χ3v) is 4.55. The van der Waals surface area contributed by atoms with Gasteiger partial charge in [0.05, 0.1) is 33.0 Å². The number of halogens is 6. The second-order valence-corrected chi connectivity index (χ2v) is 6.43. The fraction of sp³-hybridized carbons (Fsp3) is 0.100. The third-order valence-electron chi connectivity index (χ3n) is 4.55. The van der Waals surface area contributed by atoms with Gasteiger partial charge in [-0.05, 0) is 24.3 Å². The van der Waals surface area contributed by atoms with Crippen molar-refractivity contribution >= 4 is 0 Å². The molecule has 0 spiro atoms. The average Bonchev–Trinajstić information content (AvgIpc) is 3.19. The van der Waals surface area contributed by atoms with Crippen LogP contribution in [0.25, 0.3) is 22.5 Å². The maximum Gasteiger partial charge on any atom is 0.416 e. The fourth-order valence-corrected chi connectivity index (χ4v) is 3.13. The molecule has 0 atom stereocenters. The highest BCUT2D eigenvalue weighted by atomic mass is 19.4. The predicted octanol–water partition coefficient (Wildman–Crippen LogP) is 4.17. The summed E-state index contributed by atoms with van der Waals surface area (Å²) in [5.74, 6) is 0. The zero-order valence-corrected chi connectivity index (χ0v) is 14.6. The molecule has 0 bridgehead atoms. The van der Waals surface area contributed by atoms with Crippen LogP contribution in [0.1, 0.15) is 11.1 Å². The molecule has 2 aliphatic heterocycles. The minimum Gasteiger partial charge on any atom is -0.267 e. The van der Waals surface area contributed by atoms with Gasteiger partial charge in [0.25, 0.3) is 11.1 Å². The maximum atomic E-state index is 12.7. The third kappa shape index (κ3) is 3.23. The van der Waals surface area contributed by atoms with Crippen LogP contribution in [-0.4, -0.2) is 9.97 Å². The Labute approximate surface area is 162 Å². The molecule has 0 aliphatic carbocycles. The summed E-state index contributed by atoms with van der Waals surface area (Å²) in [6.45, 7) is 0. The first kappa shape index (κ1) is 19.7. The highest BCUT2D eigenvalue weighted by molar-refractivity contribution is 5.67. The van der Waals surface area contributed by atoms with Gasteiger partial charge in [-0.2, -0.15) is 26.3 Å². The molecular formula is C20H8F6N2O2. The normalized spacial score (nSPS) is 12.6. The Morgan fingerprint density at radius 2 is 0.833 bits per heavy atom. The van der Waals surface area contributed by atoms with E-state index in [0.717, 1.165) is 48.5 Å². The molecule has 4 rings (SSSR count). The SMILES string of the molecule is O=c1nc(-c2ccc(C(F)(F)F)cc2)c2c(=O)nc(-c3ccc(C(F)(F)F)cc3)c1=2. The molecule has 10 heteroatoms. The van der Waals surface area contributed by atoms with Crippen LogP contribution in [-0.2, 0) is 12.4 Å². The van der Waals surface area contributed by atoms with Gasteiger partial charge >= 0.3 is 12.4 Å². The molecule has 2 heterocycles. The van der Waals surface area contributed by atoms with E-state index in [9.17, 15) is 35.9 Å². The van der Waals surface area contributed by atoms with E-state index in [2.05, 4.69) is 9.97 Å². The minimum atomic E-state index is -4.56. The zero-order valence-electron chi connectivity index (χ0n) is 14.6. The van der Waals surface area contributed by atoms with Gasteiger partial charge in [0.2, 0.25) is 0 Å². The van der Waals surface area contributed by atoms with Gasteiger partial charge in [-0.3, -0.25) is 9.59 Å². The predicted molar refractivity (Wildman–Crippen MR) is 93.1 cm³/mol. The summed E-state index contributed by atoms with van der Waals surface area (Å²) in [5, 5.41) is -0.371. The molecule has 2 aliphatic rings. The zero-order chi connectivity index (χ0) is 21.8. The molecule has 0 fully saturated rings. The van der Waals surface area contributed by atoms with Crippen molar-refractivity contribution in [1.82, 2.24) is 9.97 Å². The fourth-order valence-electron chi connectivity index (χ4n) is 3.13. The van der Waals surface area contributed by atoms with Crippen LogP contribution < -0.4 is 11.1 Å². The Kier molecular flexibility index (Phi) is 4.26. The van der Waals surface area contributed by atoms with Crippen LogP contribution in [0.3, 0.4) is 0 Å². The van der Waals surface area contributed by atoms with Crippen molar-refractivity contribution in [3.8, 4) is 22.5 Å². The van der Waals surface area contributed by atoms with Gasteiger partial charge < -0.3 is 0 Å². The lowest BCUT2D eigenvalue weighted by Crippen LogP contribution is -2.06. The molecule has 0 aromatic heterocycles. The Hall–Kier alpha value is -3.56. The number of hydrogen-bond acceptors (Lipinski definition) is 4. The first-order valence-corrected chi connectivity index (χ1v) is 8.33. The minimum absolute atomic E-state index is 0.110. The Morgan fingerprint density at radius 1 is 0.533 bits per heavy atom. The standard InChI is InChI=1S/C20H8F6N2O2/c21-19(22,23)11-5-1-9(2-6-11)15-13-14(18(30)27-15)16(28-17(13)29)10-3-7-12(8-4-10)20(24,25)26/h1-8H. The van der Waals surface area contributed by atoms with Gasteiger partial charge in [0, 0.05) is 11.1 Å². The number of aromatic nitrogens is 2. The summed E-state index contributed by atoms with van der Waals surface area (Å²) in [4.78, 5) is 32.3. The van der Waals surface area contributed by atoms with E-state index in [1.807, 2.05) is 0 Å². The van der Waals surface area contributed by atoms with Gasteiger partial charge in [-0.25, -0.2) is 9.97 Å².